The van der Waals surface area contributed by atoms with Gasteiger partial charge >= 0.3 is 0 Å². The Kier molecular flexibility index (Phi) is 4.19. The lowest BCUT2D eigenvalue weighted by atomic mass is 10.1. The molecule has 1 aliphatic rings. The quantitative estimate of drug-likeness (QED) is 0.818. The summed E-state index contributed by atoms with van der Waals surface area (Å²) in [5.41, 5.74) is 3.19. The maximum atomic E-state index is 13.4. The van der Waals surface area contributed by atoms with Crippen LogP contribution in [0.3, 0.4) is 0 Å². The number of rotatable bonds is 2. The number of benzene rings is 1. The van der Waals surface area contributed by atoms with Crippen molar-refractivity contribution in [3.8, 4) is 11.4 Å². The monoisotopic (exact) mass is 349 g/mol. The summed E-state index contributed by atoms with van der Waals surface area (Å²) in [4.78, 5) is 9.35. The van der Waals surface area contributed by atoms with Gasteiger partial charge in [-0.2, -0.15) is 0 Å². The van der Waals surface area contributed by atoms with Gasteiger partial charge in [-0.1, -0.05) is 6.42 Å². The van der Waals surface area contributed by atoms with Gasteiger partial charge in [0.25, 0.3) is 0 Å². The van der Waals surface area contributed by atoms with Gasteiger partial charge in [0.1, 0.15) is 11.6 Å². The van der Waals surface area contributed by atoms with Crippen LogP contribution in [0.25, 0.3) is 11.4 Å². The minimum atomic E-state index is -0.276. The summed E-state index contributed by atoms with van der Waals surface area (Å²) in [6.07, 6.45) is 5.60. The van der Waals surface area contributed by atoms with Gasteiger partial charge in [-0.05, 0) is 59.8 Å². The number of aromatic nitrogens is 2. The highest BCUT2D eigenvalue weighted by Crippen LogP contribution is 2.29. The molecule has 0 aliphatic heterocycles. The fourth-order valence-corrected chi connectivity index (χ4v) is 3.12. The Balaban J connectivity index is 2.10. The molecule has 0 spiro atoms. The molecule has 21 heavy (non-hydrogen) atoms. The molecule has 0 unspecified atom stereocenters. The summed E-state index contributed by atoms with van der Waals surface area (Å²) in [5.74, 6) is 1.28. The number of hydrogen-bond donors (Lipinski definition) is 1. The van der Waals surface area contributed by atoms with Gasteiger partial charge < -0.3 is 5.32 Å². The summed E-state index contributed by atoms with van der Waals surface area (Å²) >= 11 is 3.22. The predicted molar refractivity (Wildman–Crippen MR) is 85.9 cm³/mol. The topological polar surface area (TPSA) is 37.8 Å². The summed E-state index contributed by atoms with van der Waals surface area (Å²) in [5, 5.41) is 3.18. The van der Waals surface area contributed by atoms with Crippen LogP contribution in [0.1, 0.15) is 30.5 Å². The summed E-state index contributed by atoms with van der Waals surface area (Å²) < 4.78 is 13.8. The lowest BCUT2D eigenvalue weighted by molar-refractivity contribution is 0.621. The number of halogens is 2. The zero-order valence-corrected chi connectivity index (χ0v) is 13.5. The van der Waals surface area contributed by atoms with Crippen molar-refractivity contribution < 1.29 is 4.39 Å². The number of anilines is 1. The maximum absolute atomic E-state index is 13.4. The number of hydrogen-bond acceptors (Lipinski definition) is 3. The highest BCUT2D eigenvalue weighted by Gasteiger charge is 2.17. The molecule has 110 valence electrons. The first-order valence-electron chi connectivity index (χ1n) is 7.22. The third kappa shape index (κ3) is 2.93. The second-order valence-corrected chi connectivity index (χ2v) is 6.11. The number of aryl methyl sites for hydroxylation is 1. The molecule has 0 atom stereocenters. The highest BCUT2D eigenvalue weighted by molar-refractivity contribution is 9.10. The Morgan fingerprint density at radius 1 is 1.14 bits per heavy atom. The number of fused-ring (bicyclic) bond motifs is 1. The van der Waals surface area contributed by atoms with Gasteiger partial charge in [-0.15, -0.1) is 0 Å². The largest absolute Gasteiger partial charge is 0.373 e. The fourth-order valence-electron chi connectivity index (χ4n) is 2.74. The molecule has 3 nitrogen and oxygen atoms in total. The lowest BCUT2D eigenvalue weighted by Crippen LogP contribution is -2.07. The Hall–Kier alpha value is -1.49. The summed E-state index contributed by atoms with van der Waals surface area (Å²) in [6.45, 7) is 0. The molecule has 1 aromatic heterocycles. The zero-order chi connectivity index (χ0) is 14.8. The van der Waals surface area contributed by atoms with Crippen molar-refractivity contribution in [3.63, 3.8) is 0 Å². The smallest absolute Gasteiger partial charge is 0.161 e. The second kappa shape index (κ2) is 6.10. The molecule has 1 aromatic carbocycles. The molecule has 1 heterocycles. The average molecular weight is 350 g/mol. The van der Waals surface area contributed by atoms with Crippen molar-refractivity contribution in [3.05, 3.63) is 39.7 Å². The van der Waals surface area contributed by atoms with Crippen LogP contribution in [-0.2, 0) is 12.8 Å². The molecule has 3 rings (SSSR count). The van der Waals surface area contributed by atoms with E-state index in [0.717, 1.165) is 29.9 Å². The fraction of sp³-hybridized carbons (Fsp3) is 0.375. The Morgan fingerprint density at radius 3 is 2.71 bits per heavy atom. The van der Waals surface area contributed by atoms with E-state index in [2.05, 4.69) is 26.2 Å². The molecule has 1 aliphatic carbocycles. The van der Waals surface area contributed by atoms with E-state index in [9.17, 15) is 4.39 Å². The highest BCUT2D eigenvalue weighted by atomic mass is 79.9. The maximum Gasteiger partial charge on any atom is 0.161 e. The van der Waals surface area contributed by atoms with Crippen LogP contribution in [0.4, 0.5) is 10.2 Å². The van der Waals surface area contributed by atoms with E-state index in [1.807, 2.05) is 7.05 Å². The minimum absolute atomic E-state index is 0.276. The van der Waals surface area contributed by atoms with Gasteiger partial charge in [-0.25, -0.2) is 14.4 Å². The summed E-state index contributed by atoms with van der Waals surface area (Å²) in [7, 11) is 1.89. The van der Waals surface area contributed by atoms with Gasteiger partial charge in [0.2, 0.25) is 0 Å². The molecule has 0 fully saturated rings. The first-order valence-corrected chi connectivity index (χ1v) is 8.01. The van der Waals surface area contributed by atoms with E-state index < -0.39 is 0 Å². The molecule has 0 saturated heterocycles. The molecule has 0 radical (unpaired) electrons. The number of nitrogens with zero attached hydrogens (tertiary/aromatic N) is 2. The molecule has 1 N–H and O–H groups in total. The van der Waals surface area contributed by atoms with Crippen molar-refractivity contribution >= 4 is 21.7 Å². The lowest BCUT2D eigenvalue weighted by Gasteiger charge is -2.13. The van der Waals surface area contributed by atoms with Crippen LogP contribution in [-0.4, -0.2) is 17.0 Å². The van der Waals surface area contributed by atoms with E-state index in [1.165, 1.54) is 30.9 Å². The van der Waals surface area contributed by atoms with Gasteiger partial charge in [0.15, 0.2) is 5.82 Å². The van der Waals surface area contributed by atoms with E-state index in [4.69, 9.17) is 4.98 Å². The second-order valence-electron chi connectivity index (χ2n) is 5.26. The third-order valence-electron chi connectivity index (χ3n) is 3.85. The van der Waals surface area contributed by atoms with E-state index in [-0.39, 0.29) is 5.82 Å². The van der Waals surface area contributed by atoms with E-state index >= 15 is 0 Å². The molecular formula is C16H17BrFN3. The predicted octanol–water partition coefficient (Wildman–Crippen LogP) is 4.36. The molecule has 0 saturated carbocycles. The molecule has 0 amide bonds. The van der Waals surface area contributed by atoms with E-state index in [0.29, 0.717) is 10.3 Å². The van der Waals surface area contributed by atoms with Crippen LogP contribution in [0.2, 0.25) is 0 Å². The molecule has 0 bridgehead atoms. The van der Waals surface area contributed by atoms with Crippen LogP contribution in [0, 0.1) is 5.82 Å². The van der Waals surface area contributed by atoms with Gasteiger partial charge in [-0.3, -0.25) is 0 Å². The summed E-state index contributed by atoms with van der Waals surface area (Å²) in [6, 6.07) is 4.89. The van der Waals surface area contributed by atoms with Crippen LogP contribution in [0.5, 0.6) is 0 Å². The van der Waals surface area contributed by atoms with Crippen molar-refractivity contribution in [1.29, 1.82) is 0 Å². The molecular weight excluding hydrogens is 333 g/mol. The van der Waals surface area contributed by atoms with Crippen LogP contribution in [0.15, 0.2) is 22.7 Å². The van der Waals surface area contributed by atoms with Crippen molar-refractivity contribution in [2.75, 3.05) is 12.4 Å². The van der Waals surface area contributed by atoms with Crippen LogP contribution >= 0.6 is 15.9 Å². The standard InChI is InChI=1S/C16H17BrFN3/c1-19-16-11-5-3-2-4-6-14(11)20-15(21-16)10-7-8-13(18)12(17)9-10/h7-9H,2-6H2,1H3,(H,19,20,21). The first-order chi connectivity index (χ1) is 10.2. The minimum Gasteiger partial charge on any atom is -0.373 e. The Labute approximate surface area is 132 Å². The third-order valence-corrected chi connectivity index (χ3v) is 4.46. The zero-order valence-electron chi connectivity index (χ0n) is 11.9. The van der Waals surface area contributed by atoms with Crippen LogP contribution < -0.4 is 5.32 Å². The SMILES string of the molecule is CNc1nc(-c2ccc(F)c(Br)c2)nc2c1CCCCC2. The number of nitrogens with one attached hydrogen (secondary N) is 1. The first kappa shape index (κ1) is 14.4. The van der Waals surface area contributed by atoms with Gasteiger partial charge in [0, 0.05) is 23.9 Å². The Morgan fingerprint density at radius 2 is 1.95 bits per heavy atom. The molecule has 2 aromatic rings. The van der Waals surface area contributed by atoms with Crippen molar-refractivity contribution in [1.82, 2.24) is 9.97 Å². The normalized spacial score (nSPS) is 14.4. The molecule has 5 heteroatoms. The Bertz CT molecular complexity index is 673. The average Bonchev–Trinajstić information content (AvgIpc) is 2.74. The van der Waals surface area contributed by atoms with Gasteiger partial charge in [0.05, 0.1) is 4.47 Å². The van der Waals surface area contributed by atoms with Crippen molar-refractivity contribution in [2.45, 2.75) is 32.1 Å². The van der Waals surface area contributed by atoms with Crippen molar-refractivity contribution in [2.24, 2.45) is 0 Å². The van der Waals surface area contributed by atoms with E-state index in [1.54, 1.807) is 12.1 Å².